The van der Waals surface area contributed by atoms with E-state index in [0.717, 1.165) is 44.1 Å². The number of thiophene rings is 1. The van der Waals surface area contributed by atoms with Crippen LogP contribution in [-0.4, -0.2) is 30.6 Å². The number of nitrogens with one attached hydrogen (secondary N) is 2. The summed E-state index contributed by atoms with van der Waals surface area (Å²) in [6, 6.07) is 10.3. The van der Waals surface area contributed by atoms with Gasteiger partial charge < -0.3 is 10.6 Å². The molecule has 0 bridgehead atoms. The van der Waals surface area contributed by atoms with Gasteiger partial charge in [-0.3, -0.25) is 9.98 Å². The predicted octanol–water partition coefficient (Wildman–Crippen LogP) is 3.74. The van der Waals surface area contributed by atoms with Crippen molar-refractivity contribution in [3.05, 3.63) is 52.5 Å². The molecule has 0 fully saturated rings. The van der Waals surface area contributed by atoms with Crippen LogP contribution in [0.4, 0.5) is 0 Å². The van der Waals surface area contributed by atoms with Gasteiger partial charge in [0.15, 0.2) is 5.96 Å². The van der Waals surface area contributed by atoms with Crippen molar-refractivity contribution >= 4 is 41.3 Å². The molecule has 0 radical (unpaired) electrons. The highest BCUT2D eigenvalue weighted by Gasteiger charge is 2.05. The minimum Gasteiger partial charge on any atom is -0.357 e. The van der Waals surface area contributed by atoms with Crippen molar-refractivity contribution < 1.29 is 0 Å². The number of halogens is 1. The monoisotopic (exact) mass is 458 g/mol. The minimum atomic E-state index is 0. The van der Waals surface area contributed by atoms with E-state index < -0.39 is 0 Å². The highest BCUT2D eigenvalue weighted by molar-refractivity contribution is 14.0. The molecule has 2 aromatic rings. The SMILES string of the molecule is CCNC(=NCC(C)Cc1cccs1)NCCc1ccccn1.I. The molecule has 2 aromatic heterocycles. The van der Waals surface area contributed by atoms with Crippen LogP contribution in [0.1, 0.15) is 24.4 Å². The highest BCUT2D eigenvalue weighted by Crippen LogP contribution is 2.14. The molecule has 0 saturated carbocycles. The van der Waals surface area contributed by atoms with E-state index in [2.05, 4.69) is 53.0 Å². The molecule has 1 unspecified atom stereocenters. The summed E-state index contributed by atoms with van der Waals surface area (Å²) in [5.41, 5.74) is 1.10. The Morgan fingerprint density at radius 2 is 2.12 bits per heavy atom. The molecular formula is C18H27IN4S. The molecule has 2 N–H and O–H groups in total. The average molecular weight is 458 g/mol. The lowest BCUT2D eigenvalue weighted by Crippen LogP contribution is -2.38. The van der Waals surface area contributed by atoms with Crippen LogP contribution < -0.4 is 10.6 Å². The summed E-state index contributed by atoms with van der Waals surface area (Å²) in [6.07, 6.45) is 3.82. The second-order valence-electron chi connectivity index (χ2n) is 5.61. The highest BCUT2D eigenvalue weighted by atomic mass is 127. The molecule has 0 saturated heterocycles. The number of rotatable bonds is 8. The maximum absolute atomic E-state index is 4.70. The van der Waals surface area contributed by atoms with Crippen LogP contribution in [0.2, 0.25) is 0 Å². The van der Waals surface area contributed by atoms with Crippen LogP contribution in [0.3, 0.4) is 0 Å². The van der Waals surface area contributed by atoms with Crippen molar-refractivity contribution in [3.63, 3.8) is 0 Å². The minimum absolute atomic E-state index is 0. The second-order valence-corrected chi connectivity index (χ2v) is 6.64. The number of hydrogen-bond donors (Lipinski definition) is 2. The molecule has 24 heavy (non-hydrogen) atoms. The molecule has 0 aliphatic carbocycles. The lowest BCUT2D eigenvalue weighted by molar-refractivity contribution is 0.595. The molecule has 0 aromatic carbocycles. The normalized spacial score (nSPS) is 12.3. The number of pyridine rings is 1. The average Bonchev–Trinajstić information content (AvgIpc) is 3.06. The first-order chi connectivity index (χ1) is 11.3. The summed E-state index contributed by atoms with van der Waals surface area (Å²) < 4.78 is 0. The number of aliphatic imine (C=N–C) groups is 1. The van der Waals surface area contributed by atoms with Crippen molar-refractivity contribution in [2.24, 2.45) is 10.9 Å². The largest absolute Gasteiger partial charge is 0.357 e. The Balaban J connectivity index is 0.00000288. The Kier molecular flexibility index (Phi) is 10.7. The van der Waals surface area contributed by atoms with Gasteiger partial charge in [0.25, 0.3) is 0 Å². The Labute approximate surface area is 166 Å². The van der Waals surface area contributed by atoms with Gasteiger partial charge in [-0.2, -0.15) is 0 Å². The van der Waals surface area contributed by atoms with Gasteiger partial charge in [0.2, 0.25) is 0 Å². The first kappa shape index (κ1) is 20.9. The van der Waals surface area contributed by atoms with Crippen LogP contribution >= 0.6 is 35.3 Å². The number of aromatic nitrogens is 1. The van der Waals surface area contributed by atoms with E-state index in [0.29, 0.717) is 5.92 Å². The number of hydrogen-bond acceptors (Lipinski definition) is 3. The topological polar surface area (TPSA) is 49.3 Å². The summed E-state index contributed by atoms with van der Waals surface area (Å²) >= 11 is 1.82. The van der Waals surface area contributed by atoms with Crippen molar-refractivity contribution in [2.75, 3.05) is 19.6 Å². The van der Waals surface area contributed by atoms with E-state index in [-0.39, 0.29) is 24.0 Å². The summed E-state index contributed by atoms with van der Waals surface area (Å²) in [7, 11) is 0. The Hall–Kier alpha value is -1.15. The summed E-state index contributed by atoms with van der Waals surface area (Å²) in [5, 5.41) is 8.82. The molecule has 0 spiro atoms. The van der Waals surface area contributed by atoms with E-state index in [9.17, 15) is 0 Å². The molecule has 6 heteroatoms. The van der Waals surface area contributed by atoms with E-state index >= 15 is 0 Å². The zero-order valence-electron chi connectivity index (χ0n) is 14.4. The van der Waals surface area contributed by atoms with Crippen LogP contribution in [-0.2, 0) is 12.8 Å². The molecule has 0 amide bonds. The fourth-order valence-electron chi connectivity index (χ4n) is 2.28. The molecule has 2 heterocycles. The third-order valence-electron chi connectivity index (χ3n) is 3.43. The number of nitrogens with zero attached hydrogens (tertiary/aromatic N) is 2. The van der Waals surface area contributed by atoms with E-state index in [1.54, 1.807) is 0 Å². The van der Waals surface area contributed by atoms with Gasteiger partial charge in [-0.25, -0.2) is 0 Å². The molecule has 132 valence electrons. The van der Waals surface area contributed by atoms with E-state index in [4.69, 9.17) is 4.99 Å². The van der Waals surface area contributed by atoms with Gasteiger partial charge in [-0.1, -0.05) is 19.1 Å². The third kappa shape index (κ3) is 8.10. The van der Waals surface area contributed by atoms with Crippen molar-refractivity contribution in [3.8, 4) is 0 Å². The zero-order valence-corrected chi connectivity index (χ0v) is 17.5. The number of guanidine groups is 1. The quantitative estimate of drug-likeness (QED) is 0.360. The molecule has 1 atom stereocenters. The van der Waals surface area contributed by atoms with Gasteiger partial charge in [-0.05, 0) is 42.8 Å². The summed E-state index contributed by atoms with van der Waals surface area (Å²) in [4.78, 5) is 10.5. The van der Waals surface area contributed by atoms with E-state index in [1.807, 2.05) is 29.7 Å². The fourth-order valence-corrected chi connectivity index (χ4v) is 3.15. The van der Waals surface area contributed by atoms with Crippen LogP contribution in [0.25, 0.3) is 0 Å². The fraction of sp³-hybridized carbons (Fsp3) is 0.444. The third-order valence-corrected chi connectivity index (χ3v) is 4.33. The van der Waals surface area contributed by atoms with E-state index in [1.165, 1.54) is 4.88 Å². The van der Waals surface area contributed by atoms with Gasteiger partial charge in [0.1, 0.15) is 0 Å². The van der Waals surface area contributed by atoms with Gasteiger partial charge in [-0.15, -0.1) is 35.3 Å². The molecule has 4 nitrogen and oxygen atoms in total. The van der Waals surface area contributed by atoms with Crippen LogP contribution in [0.5, 0.6) is 0 Å². The zero-order chi connectivity index (χ0) is 16.3. The molecule has 2 rings (SSSR count). The van der Waals surface area contributed by atoms with Crippen molar-refractivity contribution in [2.45, 2.75) is 26.7 Å². The Morgan fingerprint density at radius 1 is 1.25 bits per heavy atom. The lowest BCUT2D eigenvalue weighted by atomic mass is 10.1. The van der Waals surface area contributed by atoms with Gasteiger partial charge in [0.05, 0.1) is 0 Å². The first-order valence-corrected chi connectivity index (χ1v) is 9.10. The van der Waals surface area contributed by atoms with Gasteiger partial charge >= 0.3 is 0 Å². The molecular weight excluding hydrogens is 431 g/mol. The summed E-state index contributed by atoms with van der Waals surface area (Å²) in [6.45, 7) is 6.87. The maximum Gasteiger partial charge on any atom is 0.191 e. The molecule has 0 aliphatic rings. The Morgan fingerprint density at radius 3 is 2.79 bits per heavy atom. The van der Waals surface area contributed by atoms with Crippen LogP contribution in [0, 0.1) is 5.92 Å². The first-order valence-electron chi connectivity index (χ1n) is 8.22. The predicted molar refractivity (Wildman–Crippen MR) is 115 cm³/mol. The van der Waals surface area contributed by atoms with Crippen molar-refractivity contribution in [1.29, 1.82) is 0 Å². The smallest absolute Gasteiger partial charge is 0.191 e. The molecule has 0 aliphatic heterocycles. The second kappa shape index (κ2) is 12.2. The Bertz CT molecular complexity index is 572. The van der Waals surface area contributed by atoms with Crippen molar-refractivity contribution in [1.82, 2.24) is 15.6 Å². The summed E-state index contributed by atoms with van der Waals surface area (Å²) in [5.74, 6) is 1.43. The lowest BCUT2D eigenvalue weighted by Gasteiger charge is -2.13. The standard InChI is InChI=1S/C18H26N4S.HI/c1-3-19-18(21-11-9-16-7-4-5-10-20-16)22-14-15(2)13-17-8-6-12-23-17;/h4-8,10,12,15H,3,9,11,13-14H2,1-2H3,(H2,19,21,22);1H. The van der Waals surface area contributed by atoms with Gasteiger partial charge in [0, 0.05) is 42.8 Å². The van der Waals surface area contributed by atoms with Crippen LogP contribution in [0.15, 0.2) is 46.9 Å². The maximum atomic E-state index is 4.70.